The van der Waals surface area contributed by atoms with Gasteiger partial charge >= 0.3 is 0 Å². The van der Waals surface area contributed by atoms with Gasteiger partial charge in [-0.15, -0.1) is 0 Å². The van der Waals surface area contributed by atoms with Gasteiger partial charge in [-0.3, -0.25) is 4.98 Å². The van der Waals surface area contributed by atoms with Gasteiger partial charge in [-0.05, 0) is 13.2 Å². The molecule has 15 heavy (non-hydrogen) atoms. The number of hydrogen-bond donors (Lipinski definition) is 1. The first-order chi connectivity index (χ1) is 7.19. The fourth-order valence-corrected chi connectivity index (χ4v) is 1.93. The summed E-state index contributed by atoms with van der Waals surface area (Å²) in [5.74, 6) is 2.79. The van der Waals surface area contributed by atoms with E-state index in [-0.39, 0.29) is 0 Å². The molecule has 1 unspecified atom stereocenters. The zero-order valence-corrected chi connectivity index (χ0v) is 10.5. The predicted octanol–water partition coefficient (Wildman–Crippen LogP) is 1.71. The molecule has 4 nitrogen and oxygen atoms in total. The van der Waals surface area contributed by atoms with Crippen molar-refractivity contribution in [1.82, 2.24) is 9.97 Å². The number of aromatic nitrogens is 2. The first kappa shape index (κ1) is 12.1. The Bertz CT molecular complexity index is 305. The fourth-order valence-electron chi connectivity index (χ4n) is 1.22. The summed E-state index contributed by atoms with van der Waals surface area (Å²) in [5.41, 5.74) is 0. The molecule has 84 valence electrons. The van der Waals surface area contributed by atoms with E-state index in [1.54, 1.807) is 12.4 Å². The highest BCUT2D eigenvalue weighted by atomic mass is 32.2. The molecule has 0 aliphatic heterocycles. The topological polar surface area (TPSA) is 41.1 Å². The summed E-state index contributed by atoms with van der Waals surface area (Å²) < 4.78 is 0. The van der Waals surface area contributed by atoms with Crippen molar-refractivity contribution in [3.8, 4) is 0 Å². The molecule has 0 aliphatic carbocycles. The van der Waals surface area contributed by atoms with Gasteiger partial charge in [-0.1, -0.05) is 0 Å². The average Bonchev–Trinajstić information content (AvgIpc) is 2.28. The molecular weight excluding hydrogens is 208 g/mol. The van der Waals surface area contributed by atoms with Crippen molar-refractivity contribution in [3.63, 3.8) is 0 Å². The number of anilines is 2. The molecule has 0 aromatic carbocycles. The molecule has 1 heterocycles. The SMILES string of the molecule is CNc1cncc(N(C)C(C)CSC)n1. The van der Waals surface area contributed by atoms with Crippen LogP contribution in [0.5, 0.6) is 0 Å². The van der Waals surface area contributed by atoms with Gasteiger partial charge in [0.15, 0.2) is 0 Å². The normalized spacial score (nSPS) is 12.3. The maximum Gasteiger partial charge on any atom is 0.149 e. The van der Waals surface area contributed by atoms with E-state index in [1.807, 2.05) is 25.9 Å². The van der Waals surface area contributed by atoms with Gasteiger partial charge in [0.1, 0.15) is 11.6 Å². The molecule has 0 radical (unpaired) electrons. The van der Waals surface area contributed by atoms with E-state index in [4.69, 9.17) is 0 Å². The van der Waals surface area contributed by atoms with Gasteiger partial charge < -0.3 is 10.2 Å². The Morgan fingerprint density at radius 3 is 2.87 bits per heavy atom. The van der Waals surface area contributed by atoms with E-state index in [0.29, 0.717) is 6.04 Å². The third kappa shape index (κ3) is 3.27. The highest BCUT2D eigenvalue weighted by Crippen LogP contribution is 2.14. The summed E-state index contributed by atoms with van der Waals surface area (Å²) >= 11 is 1.84. The molecule has 1 aromatic heterocycles. The summed E-state index contributed by atoms with van der Waals surface area (Å²) in [5, 5.41) is 2.99. The minimum atomic E-state index is 0.460. The number of thioether (sulfide) groups is 1. The van der Waals surface area contributed by atoms with Crippen LogP contribution in [-0.4, -0.2) is 42.1 Å². The molecule has 1 rings (SSSR count). The summed E-state index contributed by atoms with van der Waals surface area (Å²) in [6, 6.07) is 0.460. The maximum absolute atomic E-state index is 4.44. The summed E-state index contributed by atoms with van der Waals surface area (Å²) in [7, 11) is 3.89. The van der Waals surface area contributed by atoms with Crippen LogP contribution in [0.25, 0.3) is 0 Å². The van der Waals surface area contributed by atoms with Crippen LogP contribution >= 0.6 is 11.8 Å². The Morgan fingerprint density at radius 1 is 1.53 bits per heavy atom. The van der Waals surface area contributed by atoms with Crippen LogP contribution in [0.4, 0.5) is 11.6 Å². The Kier molecular flexibility index (Phi) is 4.68. The number of nitrogens with one attached hydrogen (secondary N) is 1. The van der Waals surface area contributed by atoms with Crippen LogP contribution < -0.4 is 10.2 Å². The minimum Gasteiger partial charge on any atom is -0.372 e. The molecule has 0 amide bonds. The Morgan fingerprint density at radius 2 is 2.27 bits per heavy atom. The second-order valence-corrected chi connectivity index (χ2v) is 4.34. The van der Waals surface area contributed by atoms with Gasteiger partial charge in [0.05, 0.1) is 12.4 Å². The second kappa shape index (κ2) is 5.80. The van der Waals surface area contributed by atoms with Crippen molar-refractivity contribution in [2.24, 2.45) is 0 Å². The zero-order chi connectivity index (χ0) is 11.3. The molecule has 0 fully saturated rings. The Balaban J connectivity index is 2.76. The Hall–Kier alpha value is -0.970. The van der Waals surface area contributed by atoms with Crippen molar-refractivity contribution >= 4 is 23.4 Å². The first-order valence-electron chi connectivity index (χ1n) is 4.90. The van der Waals surface area contributed by atoms with Gasteiger partial charge in [-0.25, -0.2) is 4.98 Å². The largest absolute Gasteiger partial charge is 0.372 e. The molecule has 1 atom stereocenters. The lowest BCUT2D eigenvalue weighted by molar-refractivity contribution is 0.751. The van der Waals surface area contributed by atoms with Gasteiger partial charge in [0.25, 0.3) is 0 Å². The lowest BCUT2D eigenvalue weighted by Crippen LogP contribution is -2.31. The van der Waals surface area contributed by atoms with Crippen molar-refractivity contribution in [2.45, 2.75) is 13.0 Å². The highest BCUT2D eigenvalue weighted by Gasteiger charge is 2.10. The molecule has 0 saturated heterocycles. The molecule has 0 saturated carbocycles. The summed E-state index contributed by atoms with van der Waals surface area (Å²) in [6.07, 6.45) is 5.62. The standard InChI is InChI=1S/C10H18N4S/c1-8(7-15-4)14(3)10-6-12-5-9(11-2)13-10/h5-6,8H,7H2,1-4H3,(H,11,13). The molecule has 0 bridgehead atoms. The van der Waals surface area contributed by atoms with E-state index >= 15 is 0 Å². The van der Waals surface area contributed by atoms with Gasteiger partial charge in [-0.2, -0.15) is 11.8 Å². The van der Waals surface area contributed by atoms with Crippen LogP contribution in [-0.2, 0) is 0 Å². The van der Waals surface area contributed by atoms with Gasteiger partial charge in [0, 0.05) is 25.9 Å². The monoisotopic (exact) mass is 226 g/mol. The smallest absolute Gasteiger partial charge is 0.149 e. The van der Waals surface area contributed by atoms with Gasteiger partial charge in [0.2, 0.25) is 0 Å². The lowest BCUT2D eigenvalue weighted by atomic mass is 10.3. The molecule has 0 spiro atoms. The summed E-state index contributed by atoms with van der Waals surface area (Å²) in [4.78, 5) is 10.7. The first-order valence-corrected chi connectivity index (χ1v) is 6.30. The molecule has 5 heteroatoms. The van der Waals surface area contributed by atoms with Crippen LogP contribution in [0.3, 0.4) is 0 Å². The molecular formula is C10H18N4S. The van der Waals surface area contributed by atoms with Crippen molar-refractivity contribution in [1.29, 1.82) is 0 Å². The van der Waals surface area contributed by atoms with Crippen LogP contribution in [0, 0.1) is 0 Å². The van der Waals surface area contributed by atoms with E-state index in [0.717, 1.165) is 17.4 Å². The summed E-state index contributed by atoms with van der Waals surface area (Å²) in [6.45, 7) is 2.18. The van der Waals surface area contributed by atoms with Crippen molar-refractivity contribution in [2.75, 3.05) is 36.3 Å². The van der Waals surface area contributed by atoms with E-state index in [2.05, 4.69) is 33.4 Å². The molecule has 1 N–H and O–H groups in total. The maximum atomic E-state index is 4.44. The predicted molar refractivity (Wildman–Crippen MR) is 67.8 cm³/mol. The average molecular weight is 226 g/mol. The number of rotatable bonds is 5. The number of hydrogen-bond acceptors (Lipinski definition) is 5. The van der Waals surface area contributed by atoms with Crippen molar-refractivity contribution < 1.29 is 0 Å². The highest BCUT2D eigenvalue weighted by molar-refractivity contribution is 7.98. The van der Waals surface area contributed by atoms with Crippen molar-refractivity contribution in [3.05, 3.63) is 12.4 Å². The zero-order valence-electron chi connectivity index (χ0n) is 9.69. The molecule has 1 aromatic rings. The van der Waals surface area contributed by atoms with E-state index < -0.39 is 0 Å². The molecule has 0 aliphatic rings. The third-order valence-corrected chi connectivity index (χ3v) is 3.12. The van der Waals surface area contributed by atoms with E-state index in [1.165, 1.54) is 0 Å². The van der Waals surface area contributed by atoms with E-state index in [9.17, 15) is 0 Å². The number of nitrogens with zero attached hydrogens (tertiary/aromatic N) is 3. The second-order valence-electron chi connectivity index (χ2n) is 3.43. The van der Waals surface area contributed by atoms with Crippen LogP contribution in [0.1, 0.15) is 6.92 Å². The quantitative estimate of drug-likeness (QED) is 0.827. The Labute approximate surface area is 95.5 Å². The van der Waals surface area contributed by atoms with Crippen LogP contribution in [0.2, 0.25) is 0 Å². The van der Waals surface area contributed by atoms with Crippen LogP contribution in [0.15, 0.2) is 12.4 Å². The minimum absolute atomic E-state index is 0.460. The third-order valence-electron chi connectivity index (χ3n) is 2.31. The lowest BCUT2D eigenvalue weighted by Gasteiger charge is -2.25. The fraction of sp³-hybridized carbons (Fsp3) is 0.600.